The predicted octanol–water partition coefficient (Wildman–Crippen LogP) is 1.47. The molecule has 0 heterocycles. The topological polar surface area (TPSA) is 58.6 Å². The molecule has 0 fully saturated rings. The minimum atomic E-state index is -0.359. The fourth-order valence-corrected chi connectivity index (χ4v) is 1.49. The summed E-state index contributed by atoms with van der Waals surface area (Å²) in [5.41, 5.74) is 0.975. The van der Waals surface area contributed by atoms with Crippen molar-refractivity contribution in [2.24, 2.45) is 0 Å². The van der Waals surface area contributed by atoms with E-state index in [1.165, 1.54) is 0 Å². The Labute approximate surface area is 102 Å². The quantitative estimate of drug-likeness (QED) is 0.761. The molecule has 1 aromatic carbocycles. The summed E-state index contributed by atoms with van der Waals surface area (Å²) < 4.78 is 5.15. The molecule has 0 aliphatic rings. The molecule has 1 unspecified atom stereocenters. The summed E-state index contributed by atoms with van der Waals surface area (Å²) in [6.45, 7) is 3.65. The van der Waals surface area contributed by atoms with Crippen molar-refractivity contribution in [3.8, 4) is 5.75 Å². The number of hydrogen-bond donors (Lipinski definition) is 2. The van der Waals surface area contributed by atoms with E-state index in [-0.39, 0.29) is 23.9 Å². The number of phenols is 1. The van der Waals surface area contributed by atoms with Gasteiger partial charge in [0.1, 0.15) is 11.8 Å². The van der Waals surface area contributed by atoms with Crippen molar-refractivity contribution >= 4 is 5.97 Å². The molecular formula is C13H19NO3. The molecule has 17 heavy (non-hydrogen) atoms. The van der Waals surface area contributed by atoms with Crippen LogP contribution in [0.2, 0.25) is 0 Å². The highest BCUT2D eigenvalue weighted by atomic mass is 16.5. The van der Waals surface area contributed by atoms with Crippen molar-refractivity contribution in [2.75, 3.05) is 7.05 Å². The molecule has 0 spiro atoms. The molecule has 0 amide bonds. The lowest BCUT2D eigenvalue weighted by Crippen LogP contribution is -2.38. The molecule has 1 rings (SSSR count). The Morgan fingerprint density at radius 2 is 1.94 bits per heavy atom. The van der Waals surface area contributed by atoms with Gasteiger partial charge in [-0.2, -0.15) is 0 Å². The summed E-state index contributed by atoms with van der Waals surface area (Å²) in [7, 11) is 1.73. The second-order valence-corrected chi connectivity index (χ2v) is 4.20. The van der Waals surface area contributed by atoms with Gasteiger partial charge in [0.05, 0.1) is 6.10 Å². The van der Waals surface area contributed by atoms with Gasteiger partial charge in [-0.1, -0.05) is 12.1 Å². The first-order chi connectivity index (χ1) is 8.02. The zero-order valence-corrected chi connectivity index (χ0v) is 10.4. The van der Waals surface area contributed by atoms with Crippen LogP contribution in [0.1, 0.15) is 19.4 Å². The molecule has 0 saturated carbocycles. The molecule has 2 N–H and O–H groups in total. The van der Waals surface area contributed by atoms with Gasteiger partial charge in [0, 0.05) is 0 Å². The number of aromatic hydroxyl groups is 1. The third-order valence-electron chi connectivity index (χ3n) is 2.36. The molecule has 0 aliphatic carbocycles. The fraction of sp³-hybridized carbons (Fsp3) is 0.462. The Bertz CT molecular complexity index is 359. The summed E-state index contributed by atoms with van der Waals surface area (Å²) >= 11 is 0. The highest BCUT2D eigenvalue weighted by molar-refractivity contribution is 5.76. The molecule has 4 nitrogen and oxygen atoms in total. The van der Waals surface area contributed by atoms with Crippen LogP contribution in [0.4, 0.5) is 0 Å². The first-order valence-corrected chi connectivity index (χ1v) is 5.68. The lowest BCUT2D eigenvalue weighted by atomic mass is 10.1. The van der Waals surface area contributed by atoms with Crippen LogP contribution in [0.3, 0.4) is 0 Å². The Balaban J connectivity index is 2.63. The average Bonchev–Trinajstić information content (AvgIpc) is 2.27. The van der Waals surface area contributed by atoms with Crippen LogP contribution in [-0.2, 0) is 16.0 Å². The second-order valence-electron chi connectivity index (χ2n) is 4.20. The SMILES string of the molecule is CNC(Cc1ccc(O)cc1)C(=O)OC(C)C. The number of esters is 1. The van der Waals surface area contributed by atoms with Crippen molar-refractivity contribution in [3.05, 3.63) is 29.8 Å². The van der Waals surface area contributed by atoms with Gasteiger partial charge in [0.2, 0.25) is 0 Å². The standard InChI is InChI=1S/C13H19NO3/c1-9(2)17-13(16)12(14-3)8-10-4-6-11(15)7-5-10/h4-7,9,12,14-15H,8H2,1-3H3. The molecule has 94 valence electrons. The molecule has 1 aromatic rings. The smallest absolute Gasteiger partial charge is 0.323 e. The van der Waals surface area contributed by atoms with Crippen molar-refractivity contribution in [3.63, 3.8) is 0 Å². The van der Waals surface area contributed by atoms with Gasteiger partial charge < -0.3 is 15.2 Å². The third-order valence-corrected chi connectivity index (χ3v) is 2.36. The van der Waals surface area contributed by atoms with E-state index >= 15 is 0 Å². The van der Waals surface area contributed by atoms with Gasteiger partial charge in [-0.3, -0.25) is 4.79 Å². The molecule has 0 saturated heterocycles. The average molecular weight is 237 g/mol. The van der Waals surface area contributed by atoms with Crippen molar-refractivity contribution < 1.29 is 14.6 Å². The van der Waals surface area contributed by atoms with Gasteiger partial charge in [-0.05, 0) is 45.0 Å². The van der Waals surface area contributed by atoms with E-state index < -0.39 is 0 Å². The lowest BCUT2D eigenvalue weighted by molar-refractivity contribution is -0.149. The first-order valence-electron chi connectivity index (χ1n) is 5.68. The molecule has 4 heteroatoms. The number of nitrogens with one attached hydrogen (secondary N) is 1. The molecule has 0 bridgehead atoms. The second kappa shape index (κ2) is 6.25. The Morgan fingerprint density at radius 1 is 1.35 bits per heavy atom. The zero-order valence-electron chi connectivity index (χ0n) is 10.4. The highest BCUT2D eigenvalue weighted by Gasteiger charge is 2.19. The first kappa shape index (κ1) is 13.5. The minimum absolute atomic E-state index is 0.113. The Morgan fingerprint density at radius 3 is 2.41 bits per heavy atom. The van der Waals surface area contributed by atoms with Crippen LogP contribution in [0.15, 0.2) is 24.3 Å². The molecule has 0 radical (unpaired) electrons. The van der Waals surface area contributed by atoms with E-state index in [4.69, 9.17) is 9.84 Å². The number of carbonyl (C=O) groups is 1. The van der Waals surface area contributed by atoms with E-state index in [1.54, 1.807) is 31.3 Å². The van der Waals surface area contributed by atoms with E-state index in [9.17, 15) is 4.79 Å². The van der Waals surface area contributed by atoms with Crippen LogP contribution >= 0.6 is 0 Å². The molecular weight excluding hydrogens is 218 g/mol. The van der Waals surface area contributed by atoms with Gasteiger partial charge in [0.25, 0.3) is 0 Å². The summed E-state index contributed by atoms with van der Waals surface area (Å²) in [5.74, 6) is -0.0323. The largest absolute Gasteiger partial charge is 0.508 e. The number of rotatable bonds is 5. The van der Waals surface area contributed by atoms with Crippen LogP contribution in [0, 0.1) is 0 Å². The third kappa shape index (κ3) is 4.44. The summed E-state index contributed by atoms with van der Waals surface area (Å²) in [6, 6.07) is 6.44. The van der Waals surface area contributed by atoms with Gasteiger partial charge in [0.15, 0.2) is 0 Å². The van der Waals surface area contributed by atoms with Gasteiger partial charge in [-0.15, -0.1) is 0 Å². The van der Waals surface area contributed by atoms with Crippen LogP contribution < -0.4 is 5.32 Å². The number of ether oxygens (including phenoxy) is 1. The lowest BCUT2D eigenvalue weighted by Gasteiger charge is -2.17. The zero-order chi connectivity index (χ0) is 12.8. The molecule has 0 aliphatic heterocycles. The van der Waals surface area contributed by atoms with Crippen LogP contribution in [-0.4, -0.2) is 30.3 Å². The van der Waals surface area contributed by atoms with Gasteiger partial charge >= 0.3 is 5.97 Å². The maximum absolute atomic E-state index is 11.7. The summed E-state index contributed by atoms with van der Waals surface area (Å²) in [5, 5.41) is 12.1. The van der Waals surface area contributed by atoms with Crippen molar-refractivity contribution in [1.82, 2.24) is 5.32 Å². The van der Waals surface area contributed by atoms with E-state index in [0.29, 0.717) is 6.42 Å². The Kier molecular flexibility index (Phi) is 4.97. The van der Waals surface area contributed by atoms with Crippen LogP contribution in [0.5, 0.6) is 5.75 Å². The Hall–Kier alpha value is -1.55. The minimum Gasteiger partial charge on any atom is -0.508 e. The number of likely N-dealkylation sites (N-methyl/N-ethyl adjacent to an activating group) is 1. The summed E-state index contributed by atoms with van der Waals surface area (Å²) in [4.78, 5) is 11.7. The van der Waals surface area contributed by atoms with Crippen molar-refractivity contribution in [2.45, 2.75) is 32.4 Å². The van der Waals surface area contributed by atoms with Crippen LogP contribution in [0.25, 0.3) is 0 Å². The van der Waals surface area contributed by atoms with Crippen molar-refractivity contribution in [1.29, 1.82) is 0 Å². The van der Waals surface area contributed by atoms with E-state index in [2.05, 4.69) is 5.32 Å². The van der Waals surface area contributed by atoms with Gasteiger partial charge in [-0.25, -0.2) is 0 Å². The summed E-state index contributed by atoms with van der Waals surface area (Å²) in [6.07, 6.45) is 0.431. The number of hydrogen-bond acceptors (Lipinski definition) is 4. The molecule has 1 atom stereocenters. The molecule has 0 aromatic heterocycles. The number of carbonyl (C=O) groups excluding carboxylic acids is 1. The maximum Gasteiger partial charge on any atom is 0.323 e. The monoisotopic (exact) mass is 237 g/mol. The van der Waals surface area contributed by atoms with E-state index in [1.807, 2.05) is 13.8 Å². The maximum atomic E-state index is 11.7. The number of benzene rings is 1. The van der Waals surface area contributed by atoms with E-state index in [0.717, 1.165) is 5.56 Å². The predicted molar refractivity (Wildman–Crippen MR) is 65.9 cm³/mol. The normalized spacial score (nSPS) is 12.5. The fourth-order valence-electron chi connectivity index (χ4n) is 1.49. The number of phenolic OH excluding ortho intramolecular Hbond substituents is 1. The highest BCUT2D eigenvalue weighted by Crippen LogP contribution is 2.12.